The zero-order chi connectivity index (χ0) is 12.4. The van der Waals surface area contributed by atoms with Crippen molar-refractivity contribution in [2.75, 3.05) is 5.73 Å². The van der Waals surface area contributed by atoms with Gasteiger partial charge in [0, 0.05) is 26.0 Å². The number of hydrogen-bond donors (Lipinski definition) is 1. The second kappa shape index (κ2) is 5.06. The molecule has 0 aliphatic carbocycles. The molecule has 0 bridgehead atoms. The molecular weight excluding hydrogens is 308 g/mol. The van der Waals surface area contributed by atoms with Gasteiger partial charge in [-0.2, -0.15) is 0 Å². The van der Waals surface area contributed by atoms with Crippen LogP contribution in [0.1, 0.15) is 0 Å². The SMILES string of the molecule is Nc1ccc(Sc2ccc(F)cc2F)c(Br)c1. The van der Waals surface area contributed by atoms with Crippen LogP contribution in [0.25, 0.3) is 0 Å². The second-order valence-electron chi connectivity index (χ2n) is 3.37. The zero-order valence-electron chi connectivity index (χ0n) is 8.58. The van der Waals surface area contributed by atoms with Crippen LogP contribution in [0.3, 0.4) is 0 Å². The molecule has 0 atom stereocenters. The molecule has 0 saturated heterocycles. The van der Waals surface area contributed by atoms with Crippen molar-refractivity contribution in [3.63, 3.8) is 0 Å². The molecule has 0 fully saturated rings. The summed E-state index contributed by atoms with van der Waals surface area (Å²) in [6.45, 7) is 0. The van der Waals surface area contributed by atoms with Gasteiger partial charge in [0.25, 0.3) is 0 Å². The second-order valence-corrected chi connectivity index (χ2v) is 5.30. The van der Waals surface area contributed by atoms with Gasteiger partial charge in [0.15, 0.2) is 0 Å². The van der Waals surface area contributed by atoms with Crippen LogP contribution in [0, 0.1) is 11.6 Å². The molecule has 2 aromatic rings. The number of rotatable bonds is 2. The molecule has 0 aliphatic heterocycles. The van der Waals surface area contributed by atoms with E-state index < -0.39 is 11.6 Å². The Labute approximate surface area is 110 Å². The molecule has 5 heteroatoms. The maximum Gasteiger partial charge on any atom is 0.140 e. The zero-order valence-corrected chi connectivity index (χ0v) is 11.0. The summed E-state index contributed by atoms with van der Waals surface area (Å²) in [6, 6.07) is 8.77. The van der Waals surface area contributed by atoms with E-state index in [1.807, 2.05) is 0 Å². The summed E-state index contributed by atoms with van der Waals surface area (Å²) in [5.74, 6) is -1.15. The summed E-state index contributed by atoms with van der Waals surface area (Å²) in [5.41, 5.74) is 6.23. The number of nitrogen functional groups attached to an aromatic ring is 1. The Bertz CT molecular complexity index is 511. The first-order chi connectivity index (χ1) is 8.06. The first-order valence-corrected chi connectivity index (χ1v) is 6.35. The predicted molar refractivity (Wildman–Crippen MR) is 69.0 cm³/mol. The van der Waals surface area contributed by atoms with E-state index in [0.29, 0.717) is 10.6 Å². The van der Waals surface area contributed by atoms with Crippen LogP contribution >= 0.6 is 27.7 Å². The molecule has 0 aliphatic rings. The topological polar surface area (TPSA) is 26.0 Å². The number of nitrogens with two attached hydrogens (primary N) is 1. The van der Waals surface area contributed by atoms with Gasteiger partial charge in [0.2, 0.25) is 0 Å². The van der Waals surface area contributed by atoms with Gasteiger partial charge in [0.1, 0.15) is 11.6 Å². The van der Waals surface area contributed by atoms with Gasteiger partial charge >= 0.3 is 0 Å². The first-order valence-electron chi connectivity index (χ1n) is 4.74. The molecule has 0 spiro atoms. The number of hydrogen-bond acceptors (Lipinski definition) is 2. The molecule has 2 aromatic carbocycles. The summed E-state index contributed by atoms with van der Waals surface area (Å²) in [7, 11) is 0. The fourth-order valence-corrected chi connectivity index (χ4v) is 2.74. The van der Waals surface area contributed by atoms with Crippen LogP contribution < -0.4 is 5.73 Å². The van der Waals surface area contributed by atoms with Crippen LogP contribution in [0.5, 0.6) is 0 Å². The molecule has 0 saturated carbocycles. The number of halogens is 3. The van der Waals surface area contributed by atoms with Gasteiger partial charge in [-0.25, -0.2) is 8.78 Å². The smallest absolute Gasteiger partial charge is 0.140 e. The van der Waals surface area contributed by atoms with Crippen LogP contribution in [0.4, 0.5) is 14.5 Å². The van der Waals surface area contributed by atoms with Crippen molar-refractivity contribution < 1.29 is 8.78 Å². The van der Waals surface area contributed by atoms with E-state index in [1.165, 1.54) is 23.9 Å². The summed E-state index contributed by atoms with van der Waals surface area (Å²) < 4.78 is 27.0. The molecule has 88 valence electrons. The molecular formula is C12H8BrF2NS. The molecule has 2 rings (SSSR count). The van der Waals surface area contributed by atoms with Crippen molar-refractivity contribution in [1.29, 1.82) is 0 Å². The average molecular weight is 316 g/mol. The Hall–Kier alpha value is -1.07. The lowest BCUT2D eigenvalue weighted by atomic mass is 10.3. The van der Waals surface area contributed by atoms with Crippen molar-refractivity contribution in [2.24, 2.45) is 0 Å². The first kappa shape index (κ1) is 12.4. The summed E-state index contributed by atoms with van der Waals surface area (Å²) in [4.78, 5) is 1.20. The Balaban J connectivity index is 2.31. The third-order valence-electron chi connectivity index (χ3n) is 2.07. The van der Waals surface area contributed by atoms with Crippen molar-refractivity contribution in [3.05, 3.63) is 52.5 Å². The monoisotopic (exact) mass is 315 g/mol. The fourth-order valence-electron chi connectivity index (χ4n) is 1.28. The Morgan fingerprint density at radius 3 is 2.35 bits per heavy atom. The van der Waals surface area contributed by atoms with E-state index in [1.54, 1.807) is 18.2 Å². The fraction of sp³-hybridized carbons (Fsp3) is 0. The largest absolute Gasteiger partial charge is 0.399 e. The van der Waals surface area contributed by atoms with E-state index >= 15 is 0 Å². The quantitative estimate of drug-likeness (QED) is 0.828. The van der Waals surface area contributed by atoms with Gasteiger partial charge in [-0.15, -0.1) is 0 Å². The molecule has 2 N–H and O–H groups in total. The molecule has 17 heavy (non-hydrogen) atoms. The highest BCUT2D eigenvalue weighted by molar-refractivity contribution is 9.10. The molecule has 0 unspecified atom stereocenters. The van der Waals surface area contributed by atoms with E-state index in [2.05, 4.69) is 15.9 Å². The van der Waals surface area contributed by atoms with E-state index in [0.717, 1.165) is 15.4 Å². The third-order valence-corrected chi connectivity index (χ3v) is 4.12. The summed E-state index contributed by atoms with van der Waals surface area (Å²) >= 11 is 4.56. The maximum absolute atomic E-state index is 13.4. The van der Waals surface area contributed by atoms with Crippen molar-refractivity contribution >= 4 is 33.4 Å². The van der Waals surface area contributed by atoms with Crippen LogP contribution in [-0.4, -0.2) is 0 Å². The Kier molecular flexibility index (Phi) is 3.69. The van der Waals surface area contributed by atoms with Crippen molar-refractivity contribution in [3.8, 4) is 0 Å². The van der Waals surface area contributed by atoms with E-state index in [9.17, 15) is 8.78 Å². The number of benzene rings is 2. The minimum Gasteiger partial charge on any atom is -0.399 e. The average Bonchev–Trinajstić information content (AvgIpc) is 2.25. The summed E-state index contributed by atoms with van der Waals surface area (Å²) in [5, 5.41) is 0. The highest BCUT2D eigenvalue weighted by atomic mass is 79.9. The van der Waals surface area contributed by atoms with Crippen molar-refractivity contribution in [1.82, 2.24) is 0 Å². The highest BCUT2D eigenvalue weighted by Crippen LogP contribution is 2.35. The molecule has 0 amide bonds. The van der Waals surface area contributed by atoms with Crippen LogP contribution in [0.15, 0.2) is 50.7 Å². The predicted octanol–water partition coefficient (Wildman–Crippen LogP) is 4.46. The normalized spacial score (nSPS) is 10.5. The van der Waals surface area contributed by atoms with Gasteiger partial charge in [-0.05, 0) is 46.3 Å². The standard InChI is InChI=1S/C12H8BrF2NS/c13-9-6-8(16)2-4-11(9)17-12-3-1-7(14)5-10(12)15/h1-6H,16H2. The van der Waals surface area contributed by atoms with E-state index in [4.69, 9.17) is 5.73 Å². The minimum atomic E-state index is -0.580. The Morgan fingerprint density at radius 2 is 1.71 bits per heavy atom. The van der Waals surface area contributed by atoms with Crippen LogP contribution in [-0.2, 0) is 0 Å². The van der Waals surface area contributed by atoms with Gasteiger partial charge in [-0.1, -0.05) is 11.8 Å². The molecule has 0 aromatic heterocycles. The number of anilines is 1. The van der Waals surface area contributed by atoms with Gasteiger partial charge in [0.05, 0.1) is 0 Å². The lowest BCUT2D eigenvalue weighted by Gasteiger charge is -2.06. The molecule has 0 heterocycles. The van der Waals surface area contributed by atoms with Gasteiger partial charge in [-0.3, -0.25) is 0 Å². The Morgan fingerprint density at radius 1 is 1.00 bits per heavy atom. The van der Waals surface area contributed by atoms with E-state index in [-0.39, 0.29) is 0 Å². The molecule has 0 radical (unpaired) electrons. The lowest BCUT2D eigenvalue weighted by molar-refractivity contribution is 0.565. The minimum absolute atomic E-state index is 0.372. The summed E-state index contributed by atoms with van der Waals surface area (Å²) in [6.07, 6.45) is 0. The molecule has 1 nitrogen and oxygen atoms in total. The third kappa shape index (κ3) is 2.98. The van der Waals surface area contributed by atoms with Crippen LogP contribution in [0.2, 0.25) is 0 Å². The van der Waals surface area contributed by atoms with Crippen molar-refractivity contribution in [2.45, 2.75) is 9.79 Å². The lowest BCUT2D eigenvalue weighted by Crippen LogP contribution is -1.87. The highest BCUT2D eigenvalue weighted by Gasteiger charge is 2.08. The maximum atomic E-state index is 13.4. The van der Waals surface area contributed by atoms with Gasteiger partial charge < -0.3 is 5.73 Å².